The molecule has 3 rings (SSSR count). The van der Waals surface area contributed by atoms with Crippen molar-refractivity contribution in [3.05, 3.63) is 24.4 Å². The van der Waals surface area contributed by atoms with Gasteiger partial charge < -0.3 is 9.51 Å². The number of nitrogens with one attached hydrogen (secondary N) is 1. The van der Waals surface area contributed by atoms with Gasteiger partial charge in [0.15, 0.2) is 11.5 Å². The predicted octanol–water partition coefficient (Wildman–Crippen LogP) is 2.37. The van der Waals surface area contributed by atoms with Crippen LogP contribution in [0.15, 0.2) is 22.2 Å². The standard InChI is InChI=1S/C12H14N6OS/c1-2-3-4-9-17-8(18-19-9)5-20-12-10-11(14-6-13-10)15-7-16-12/h6-7H,2-5H2,1H3,(H,13,14,15,16). The van der Waals surface area contributed by atoms with E-state index in [9.17, 15) is 0 Å². The molecule has 3 aromatic heterocycles. The van der Waals surface area contributed by atoms with Crippen LogP contribution in [0.2, 0.25) is 0 Å². The smallest absolute Gasteiger partial charge is 0.226 e. The molecule has 104 valence electrons. The largest absolute Gasteiger partial charge is 0.341 e. The van der Waals surface area contributed by atoms with Gasteiger partial charge in [0.2, 0.25) is 5.89 Å². The van der Waals surface area contributed by atoms with Gasteiger partial charge in [0.05, 0.1) is 12.1 Å². The van der Waals surface area contributed by atoms with Gasteiger partial charge in [0, 0.05) is 6.42 Å². The minimum absolute atomic E-state index is 0.612. The Labute approximate surface area is 119 Å². The quantitative estimate of drug-likeness (QED) is 0.550. The first-order chi connectivity index (χ1) is 9.86. The normalized spacial score (nSPS) is 11.2. The van der Waals surface area contributed by atoms with E-state index in [2.05, 4.69) is 37.0 Å². The Morgan fingerprint density at radius 1 is 1.30 bits per heavy atom. The van der Waals surface area contributed by atoms with Crippen molar-refractivity contribution in [1.82, 2.24) is 30.1 Å². The van der Waals surface area contributed by atoms with Gasteiger partial charge in [-0.1, -0.05) is 30.3 Å². The molecule has 0 saturated carbocycles. The summed E-state index contributed by atoms with van der Waals surface area (Å²) in [6, 6.07) is 0. The number of unbranched alkanes of at least 4 members (excludes halogenated alkanes) is 1. The van der Waals surface area contributed by atoms with E-state index in [1.165, 1.54) is 18.1 Å². The molecule has 8 heteroatoms. The van der Waals surface area contributed by atoms with Gasteiger partial charge in [-0.05, 0) is 6.42 Å². The molecule has 0 aliphatic heterocycles. The zero-order valence-electron chi connectivity index (χ0n) is 11.0. The van der Waals surface area contributed by atoms with E-state index >= 15 is 0 Å². The van der Waals surface area contributed by atoms with Gasteiger partial charge in [-0.25, -0.2) is 15.0 Å². The highest BCUT2D eigenvalue weighted by Crippen LogP contribution is 2.24. The summed E-state index contributed by atoms with van der Waals surface area (Å²) in [4.78, 5) is 19.8. The van der Waals surface area contributed by atoms with E-state index < -0.39 is 0 Å². The van der Waals surface area contributed by atoms with Crippen LogP contribution < -0.4 is 0 Å². The molecule has 0 radical (unpaired) electrons. The molecule has 1 N–H and O–H groups in total. The fourth-order valence-electron chi connectivity index (χ4n) is 1.76. The molecule has 0 amide bonds. The van der Waals surface area contributed by atoms with Crippen molar-refractivity contribution in [2.75, 3.05) is 0 Å². The zero-order chi connectivity index (χ0) is 13.8. The SMILES string of the molecule is CCCCc1nc(CSc2ncnc3nc[nH]c23)no1. The van der Waals surface area contributed by atoms with Crippen LogP contribution >= 0.6 is 11.8 Å². The summed E-state index contributed by atoms with van der Waals surface area (Å²) < 4.78 is 5.20. The highest BCUT2D eigenvalue weighted by molar-refractivity contribution is 7.98. The molecular weight excluding hydrogens is 276 g/mol. The van der Waals surface area contributed by atoms with Crippen molar-refractivity contribution in [3.8, 4) is 0 Å². The van der Waals surface area contributed by atoms with Crippen molar-refractivity contribution in [2.45, 2.75) is 37.0 Å². The molecule has 0 fully saturated rings. The maximum atomic E-state index is 5.20. The Kier molecular flexibility index (Phi) is 3.91. The van der Waals surface area contributed by atoms with Crippen molar-refractivity contribution >= 4 is 22.9 Å². The predicted molar refractivity (Wildman–Crippen MR) is 74.2 cm³/mol. The average molecular weight is 290 g/mol. The van der Waals surface area contributed by atoms with Crippen LogP contribution in [0.4, 0.5) is 0 Å². The van der Waals surface area contributed by atoms with Gasteiger partial charge in [-0.3, -0.25) is 0 Å². The number of aryl methyl sites for hydroxylation is 1. The Morgan fingerprint density at radius 2 is 2.25 bits per heavy atom. The molecular formula is C12H14N6OS. The van der Waals surface area contributed by atoms with Crippen molar-refractivity contribution < 1.29 is 4.52 Å². The van der Waals surface area contributed by atoms with Gasteiger partial charge in [-0.15, -0.1) is 0 Å². The second kappa shape index (κ2) is 6.00. The topological polar surface area (TPSA) is 93.4 Å². The van der Waals surface area contributed by atoms with E-state index in [-0.39, 0.29) is 0 Å². The summed E-state index contributed by atoms with van der Waals surface area (Å²) in [6.45, 7) is 2.14. The number of rotatable bonds is 6. The number of imidazole rings is 1. The maximum absolute atomic E-state index is 5.20. The minimum atomic E-state index is 0.612. The molecule has 0 aliphatic rings. The molecule has 0 saturated heterocycles. The van der Waals surface area contributed by atoms with Gasteiger partial charge >= 0.3 is 0 Å². The second-order valence-corrected chi connectivity index (χ2v) is 5.24. The zero-order valence-corrected chi connectivity index (χ0v) is 11.9. The van der Waals surface area contributed by atoms with E-state index in [1.54, 1.807) is 6.33 Å². The van der Waals surface area contributed by atoms with E-state index in [0.717, 1.165) is 29.8 Å². The lowest BCUT2D eigenvalue weighted by Gasteiger charge is -1.97. The lowest BCUT2D eigenvalue weighted by molar-refractivity contribution is 0.371. The molecule has 0 spiro atoms. The number of aromatic nitrogens is 6. The number of hydrogen-bond acceptors (Lipinski definition) is 7. The maximum Gasteiger partial charge on any atom is 0.226 e. The van der Waals surface area contributed by atoms with Crippen LogP contribution in [0.1, 0.15) is 31.5 Å². The van der Waals surface area contributed by atoms with Crippen molar-refractivity contribution in [2.24, 2.45) is 0 Å². The monoisotopic (exact) mass is 290 g/mol. The van der Waals surface area contributed by atoms with Gasteiger partial charge in [-0.2, -0.15) is 4.98 Å². The number of aromatic amines is 1. The van der Waals surface area contributed by atoms with Crippen LogP contribution in [0.5, 0.6) is 0 Å². The Hall–Kier alpha value is -1.96. The van der Waals surface area contributed by atoms with Crippen LogP contribution in [-0.2, 0) is 12.2 Å². The fourth-order valence-corrected chi connectivity index (χ4v) is 2.56. The van der Waals surface area contributed by atoms with Crippen molar-refractivity contribution in [3.63, 3.8) is 0 Å². The van der Waals surface area contributed by atoms with E-state index in [1.807, 2.05) is 0 Å². The first-order valence-corrected chi connectivity index (χ1v) is 7.43. The molecule has 3 heterocycles. The van der Waals surface area contributed by atoms with Gasteiger partial charge in [0.1, 0.15) is 16.9 Å². The molecule has 0 unspecified atom stereocenters. The minimum Gasteiger partial charge on any atom is -0.341 e. The Balaban J connectivity index is 1.67. The molecule has 7 nitrogen and oxygen atoms in total. The summed E-state index contributed by atoms with van der Waals surface area (Å²) in [7, 11) is 0. The molecule has 0 atom stereocenters. The van der Waals surface area contributed by atoms with E-state index in [4.69, 9.17) is 4.52 Å². The first kappa shape index (κ1) is 13.0. The second-order valence-electron chi connectivity index (χ2n) is 4.28. The highest BCUT2D eigenvalue weighted by atomic mass is 32.2. The lowest BCUT2D eigenvalue weighted by atomic mass is 10.2. The van der Waals surface area contributed by atoms with Crippen LogP contribution in [0.25, 0.3) is 11.2 Å². The molecule has 0 bridgehead atoms. The highest BCUT2D eigenvalue weighted by Gasteiger charge is 2.10. The fraction of sp³-hybridized carbons (Fsp3) is 0.417. The summed E-state index contributed by atoms with van der Waals surface area (Å²) in [6.07, 6.45) is 6.14. The van der Waals surface area contributed by atoms with Crippen LogP contribution in [-0.4, -0.2) is 30.1 Å². The number of nitrogens with zero attached hydrogens (tertiary/aromatic N) is 5. The molecule has 0 aliphatic carbocycles. The van der Waals surface area contributed by atoms with Gasteiger partial charge in [0.25, 0.3) is 0 Å². The third-order valence-electron chi connectivity index (χ3n) is 2.78. The number of H-pyrrole nitrogens is 1. The Bertz CT molecular complexity index is 694. The Morgan fingerprint density at radius 3 is 3.15 bits per heavy atom. The van der Waals surface area contributed by atoms with Crippen LogP contribution in [0.3, 0.4) is 0 Å². The van der Waals surface area contributed by atoms with E-state index in [0.29, 0.717) is 23.1 Å². The first-order valence-electron chi connectivity index (χ1n) is 6.45. The number of fused-ring (bicyclic) bond motifs is 1. The molecule has 3 aromatic rings. The molecule has 0 aromatic carbocycles. The summed E-state index contributed by atoms with van der Waals surface area (Å²) >= 11 is 1.54. The van der Waals surface area contributed by atoms with Crippen LogP contribution in [0, 0.1) is 0 Å². The summed E-state index contributed by atoms with van der Waals surface area (Å²) in [5.41, 5.74) is 1.51. The third kappa shape index (κ3) is 2.79. The summed E-state index contributed by atoms with van der Waals surface area (Å²) in [5, 5.41) is 4.82. The third-order valence-corrected chi connectivity index (χ3v) is 3.77. The molecule has 20 heavy (non-hydrogen) atoms. The number of thioether (sulfide) groups is 1. The lowest BCUT2D eigenvalue weighted by Crippen LogP contribution is -1.90. The summed E-state index contributed by atoms with van der Waals surface area (Å²) in [5.74, 6) is 2.00. The van der Waals surface area contributed by atoms with Crippen molar-refractivity contribution in [1.29, 1.82) is 0 Å². The number of hydrogen-bond donors (Lipinski definition) is 1. The average Bonchev–Trinajstić information content (AvgIpc) is 3.11.